The molecule has 0 atom stereocenters. The second kappa shape index (κ2) is 10.6. The molecule has 4 heterocycles. The fourth-order valence-electron chi connectivity index (χ4n) is 5.26. The van der Waals surface area contributed by atoms with Gasteiger partial charge in [0.05, 0.1) is 29.2 Å². The molecular formula is C26H34N8O2. The summed E-state index contributed by atoms with van der Waals surface area (Å²) in [7, 11) is 0. The maximum absolute atomic E-state index is 13.8. The highest BCUT2D eigenvalue weighted by molar-refractivity contribution is 6.03. The number of aryl methyl sites for hydroxylation is 1. The molecule has 0 spiro atoms. The summed E-state index contributed by atoms with van der Waals surface area (Å²) in [5.74, 6) is 2.11. The van der Waals surface area contributed by atoms with Crippen LogP contribution in [0, 0.1) is 6.92 Å². The Morgan fingerprint density at radius 1 is 1.14 bits per heavy atom. The van der Waals surface area contributed by atoms with Crippen molar-refractivity contribution in [1.82, 2.24) is 24.8 Å². The molecule has 10 heteroatoms. The van der Waals surface area contributed by atoms with Crippen LogP contribution in [0.3, 0.4) is 0 Å². The number of anilines is 3. The van der Waals surface area contributed by atoms with Crippen LogP contribution in [0.4, 0.5) is 17.5 Å². The van der Waals surface area contributed by atoms with Gasteiger partial charge in [-0.25, -0.2) is 15.0 Å². The van der Waals surface area contributed by atoms with Gasteiger partial charge < -0.3 is 24.9 Å². The Bertz CT molecular complexity index is 1310. The fraction of sp³-hybridized carbons (Fsp3) is 0.500. The van der Waals surface area contributed by atoms with Gasteiger partial charge in [-0.05, 0) is 39.2 Å². The van der Waals surface area contributed by atoms with Crippen LogP contribution < -0.4 is 21.1 Å². The van der Waals surface area contributed by atoms with Crippen LogP contribution in [-0.2, 0) is 4.84 Å². The minimum atomic E-state index is -0.0230. The number of fused-ring (bicyclic) bond motifs is 1. The average molecular weight is 491 g/mol. The van der Waals surface area contributed by atoms with Crippen LogP contribution in [0.1, 0.15) is 56.7 Å². The predicted molar refractivity (Wildman–Crippen MR) is 142 cm³/mol. The Morgan fingerprint density at radius 2 is 1.89 bits per heavy atom. The lowest BCUT2D eigenvalue weighted by molar-refractivity contribution is 0.159. The van der Waals surface area contributed by atoms with Crippen LogP contribution in [0.2, 0.25) is 0 Å². The molecule has 2 fully saturated rings. The molecule has 2 N–H and O–H groups in total. The van der Waals surface area contributed by atoms with Crippen LogP contribution in [0.5, 0.6) is 0 Å². The third-order valence-corrected chi connectivity index (χ3v) is 7.07. The zero-order chi connectivity index (χ0) is 25.1. The Morgan fingerprint density at radius 3 is 2.58 bits per heavy atom. The summed E-state index contributed by atoms with van der Waals surface area (Å²) in [6.45, 7) is 9.85. The van der Waals surface area contributed by atoms with Gasteiger partial charge in [0.25, 0.3) is 5.56 Å². The summed E-state index contributed by atoms with van der Waals surface area (Å²) in [4.78, 5) is 35.1. The van der Waals surface area contributed by atoms with E-state index in [1.807, 2.05) is 37.6 Å². The van der Waals surface area contributed by atoms with E-state index in [9.17, 15) is 4.79 Å². The molecule has 5 rings (SSSR count). The van der Waals surface area contributed by atoms with E-state index < -0.39 is 0 Å². The van der Waals surface area contributed by atoms with Crippen LogP contribution in [0.15, 0.2) is 34.6 Å². The van der Waals surface area contributed by atoms with E-state index in [1.165, 1.54) is 0 Å². The lowest BCUT2D eigenvalue weighted by atomic mass is 10.0. The molecule has 1 aliphatic heterocycles. The van der Waals surface area contributed by atoms with Gasteiger partial charge in [-0.15, -0.1) is 0 Å². The summed E-state index contributed by atoms with van der Waals surface area (Å²) in [5, 5.41) is 11.7. The smallest absolute Gasteiger partial charge is 0.260 e. The first-order valence-corrected chi connectivity index (χ1v) is 12.8. The quantitative estimate of drug-likeness (QED) is 0.382. The summed E-state index contributed by atoms with van der Waals surface area (Å²) in [6.07, 6.45) is 9.58. The molecule has 3 aromatic heterocycles. The molecule has 36 heavy (non-hydrogen) atoms. The van der Waals surface area contributed by atoms with E-state index in [4.69, 9.17) is 4.84 Å². The lowest BCUT2D eigenvalue weighted by Gasteiger charge is -2.28. The Labute approximate surface area is 210 Å². The largest absolute Gasteiger partial charge is 0.396 e. The van der Waals surface area contributed by atoms with E-state index >= 15 is 0 Å². The molecule has 1 aliphatic carbocycles. The van der Waals surface area contributed by atoms with Crippen LogP contribution in [0.25, 0.3) is 10.9 Å². The third-order valence-electron chi connectivity index (χ3n) is 7.07. The maximum Gasteiger partial charge on any atom is 0.260 e. The molecule has 2 aliphatic rings. The highest BCUT2D eigenvalue weighted by atomic mass is 16.6. The second-order valence-corrected chi connectivity index (χ2v) is 9.42. The summed E-state index contributed by atoms with van der Waals surface area (Å²) < 4.78 is 1.95. The molecule has 1 saturated heterocycles. The van der Waals surface area contributed by atoms with E-state index in [-0.39, 0.29) is 11.6 Å². The van der Waals surface area contributed by atoms with Crippen molar-refractivity contribution in [3.8, 4) is 0 Å². The SMILES string of the molecule is CCO/N=C(/C)c1c(C)c2cnc(Nc3cnc(N4CCNCC4)cn3)cc2n(C2CCCC2)c1=O. The summed E-state index contributed by atoms with van der Waals surface area (Å²) in [6, 6.07) is 2.11. The number of nitrogens with one attached hydrogen (secondary N) is 2. The predicted octanol–water partition coefficient (Wildman–Crippen LogP) is 3.52. The molecule has 10 nitrogen and oxygen atoms in total. The number of pyridine rings is 2. The molecular weight excluding hydrogens is 456 g/mol. The number of hydrogen-bond acceptors (Lipinski definition) is 9. The van der Waals surface area contributed by atoms with Crippen molar-refractivity contribution in [2.45, 2.75) is 52.5 Å². The van der Waals surface area contributed by atoms with Crippen molar-refractivity contribution in [1.29, 1.82) is 0 Å². The zero-order valence-corrected chi connectivity index (χ0v) is 21.3. The lowest BCUT2D eigenvalue weighted by Crippen LogP contribution is -2.43. The maximum atomic E-state index is 13.8. The molecule has 0 amide bonds. The van der Waals surface area contributed by atoms with Crippen LogP contribution in [-0.4, -0.2) is 58.0 Å². The Balaban J connectivity index is 1.52. The van der Waals surface area contributed by atoms with Gasteiger partial charge in [-0.2, -0.15) is 0 Å². The average Bonchev–Trinajstić information content (AvgIpc) is 3.43. The van der Waals surface area contributed by atoms with Crippen molar-refractivity contribution < 1.29 is 4.84 Å². The van der Waals surface area contributed by atoms with Crippen molar-refractivity contribution in [3.63, 3.8) is 0 Å². The monoisotopic (exact) mass is 490 g/mol. The van der Waals surface area contributed by atoms with E-state index in [0.29, 0.717) is 29.5 Å². The fourth-order valence-corrected chi connectivity index (χ4v) is 5.26. The first-order valence-electron chi connectivity index (χ1n) is 12.8. The van der Waals surface area contributed by atoms with E-state index in [2.05, 4.69) is 35.6 Å². The minimum Gasteiger partial charge on any atom is -0.396 e. The number of oxime groups is 1. The van der Waals surface area contributed by atoms with E-state index in [0.717, 1.165) is 74.1 Å². The van der Waals surface area contributed by atoms with Crippen LogP contribution >= 0.6 is 0 Å². The number of aromatic nitrogens is 4. The van der Waals surface area contributed by atoms with Gasteiger partial charge in [0.2, 0.25) is 0 Å². The first kappa shape index (κ1) is 24.2. The molecule has 3 aromatic rings. The van der Waals surface area contributed by atoms with Gasteiger partial charge in [0.15, 0.2) is 0 Å². The molecule has 0 unspecified atom stereocenters. The van der Waals surface area contributed by atoms with Gasteiger partial charge in [0.1, 0.15) is 24.1 Å². The summed E-state index contributed by atoms with van der Waals surface area (Å²) in [5.41, 5.74) is 2.91. The molecule has 0 radical (unpaired) electrons. The molecule has 0 aromatic carbocycles. The van der Waals surface area contributed by atoms with Crippen molar-refractivity contribution in [2.75, 3.05) is 43.0 Å². The standard InChI is InChI=1S/C26H34N8O2/c1-4-36-32-18(3)25-17(2)20-14-28-22(13-21(20)34(26(25)35)19-7-5-6-8-19)31-23-15-30-24(16-29-23)33-11-9-27-10-12-33/h13-16,19,27H,4-12H2,1-3H3,(H,28,29,31)/b32-18-. The molecule has 0 bridgehead atoms. The number of rotatable bonds is 7. The van der Waals surface area contributed by atoms with Crippen molar-refractivity contribution in [2.24, 2.45) is 5.16 Å². The highest BCUT2D eigenvalue weighted by Crippen LogP contribution is 2.33. The zero-order valence-electron chi connectivity index (χ0n) is 21.3. The van der Waals surface area contributed by atoms with E-state index in [1.54, 1.807) is 12.4 Å². The Kier molecular flexibility index (Phi) is 7.13. The van der Waals surface area contributed by atoms with Crippen molar-refractivity contribution >= 4 is 34.1 Å². The highest BCUT2D eigenvalue weighted by Gasteiger charge is 2.25. The number of piperazine rings is 1. The minimum absolute atomic E-state index is 0.0230. The topological polar surface area (TPSA) is 110 Å². The number of nitrogens with zero attached hydrogens (tertiary/aromatic N) is 6. The van der Waals surface area contributed by atoms with Crippen molar-refractivity contribution in [3.05, 3.63) is 46.1 Å². The second-order valence-electron chi connectivity index (χ2n) is 9.42. The third kappa shape index (κ3) is 4.77. The summed E-state index contributed by atoms with van der Waals surface area (Å²) >= 11 is 0. The molecule has 190 valence electrons. The van der Waals surface area contributed by atoms with Gasteiger partial charge in [-0.3, -0.25) is 4.79 Å². The number of hydrogen-bond donors (Lipinski definition) is 2. The normalized spacial score (nSPS) is 17.1. The Hall–Kier alpha value is -3.53. The van der Waals surface area contributed by atoms with Gasteiger partial charge in [0, 0.05) is 49.9 Å². The van der Waals surface area contributed by atoms with Gasteiger partial charge in [-0.1, -0.05) is 18.0 Å². The van der Waals surface area contributed by atoms with Gasteiger partial charge >= 0.3 is 0 Å². The molecule has 1 saturated carbocycles. The first-order chi connectivity index (χ1) is 17.6.